The van der Waals surface area contributed by atoms with Crippen LogP contribution in [0.4, 0.5) is 5.69 Å². The first-order valence-corrected chi connectivity index (χ1v) is 6.46. The second kappa shape index (κ2) is 5.15. The van der Waals surface area contributed by atoms with Gasteiger partial charge in [0.05, 0.1) is 16.8 Å². The van der Waals surface area contributed by atoms with Gasteiger partial charge in [0.25, 0.3) is 5.56 Å². The van der Waals surface area contributed by atoms with E-state index >= 15 is 0 Å². The molecule has 3 rings (SSSR count). The second-order valence-electron chi connectivity index (χ2n) is 4.66. The highest BCUT2D eigenvalue weighted by atomic mass is 16.1. The van der Waals surface area contributed by atoms with E-state index in [1.165, 1.54) is 0 Å². The molecular formula is C16H12N4O. The molecule has 21 heavy (non-hydrogen) atoms. The summed E-state index contributed by atoms with van der Waals surface area (Å²) in [5.74, 6) is 0. The Kier molecular flexibility index (Phi) is 3.18. The molecule has 0 saturated heterocycles. The predicted molar refractivity (Wildman–Crippen MR) is 83.4 cm³/mol. The third-order valence-electron chi connectivity index (χ3n) is 3.48. The third kappa shape index (κ3) is 2.06. The lowest BCUT2D eigenvalue weighted by Crippen LogP contribution is -2.19. The molecule has 3 aromatic rings. The van der Waals surface area contributed by atoms with Gasteiger partial charge in [0.2, 0.25) is 0 Å². The minimum absolute atomic E-state index is 0.178. The van der Waals surface area contributed by atoms with Crippen LogP contribution in [0.2, 0.25) is 0 Å². The molecule has 0 aliphatic heterocycles. The zero-order chi connectivity index (χ0) is 14.8. The maximum atomic E-state index is 12.7. The molecule has 0 bridgehead atoms. The van der Waals surface area contributed by atoms with Crippen molar-refractivity contribution in [3.8, 4) is 11.1 Å². The van der Waals surface area contributed by atoms with Gasteiger partial charge in [0, 0.05) is 17.3 Å². The quantitative estimate of drug-likeness (QED) is 0.394. The summed E-state index contributed by atoms with van der Waals surface area (Å²) < 4.78 is 1.58. The van der Waals surface area contributed by atoms with E-state index in [1.807, 2.05) is 54.6 Å². The first-order valence-electron chi connectivity index (χ1n) is 6.46. The third-order valence-corrected chi connectivity index (χ3v) is 3.48. The van der Waals surface area contributed by atoms with Gasteiger partial charge in [-0.1, -0.05) is 53.6 Å². The van der Waals surface area contributed by atoms with Crippen molar-refractivity contribution < 1.29 is 0 Å². The summed E-state index contributed by atoms with van der Waals surface area (Å²) in [5, 5.41) is 4.54. The predicted octanol–water partition coefficient (Wildman–Crippen LogP) is 4.15. The summed E-state index contributed by atoms with van der Waals surface area (Å²) in [5.41, 5.74) is 11.0. The highest BCUT2D eigenvalue weighted by molar-refractivity contribution is 5.97. The molecule has 5 heteroatoms. The van der Waals surface area contributed by atoms with Crippen molar-refractivity contribution in [3.05, 3.63) is 75.4 Å². The summed E-state index contributed by atoms with van der Waals surface area (Å²) >= 11 is 0. The summed E-state index contributed by atoms with van der Waals surface area (Å²) in [7, 11) is 1.72. The maximum Gasteiger partial charge on any atom is 0.259 e. The van der Waals surface area contributed by atoms with Gasteiger partial charge in [-0.2, -0.15) is 0 Å². The van der Waals surface area contributed by atoms with Crippen LogP contribution >= 0.6 is 0 Å². The minimum Gasteiger partial charge on any atom is -0.311 e. The molecule has 0 aliphatic rings. The lowest BCUT2D eigenvalue weighted by molar-refractivity contribution is 0.908. The molecule has 0 fully saturated rings. The topological polar surface area (TPSA) is 70.8 Å². The Morgan fingerprint density at radius 2 is 1.71 bits per heavy atom. The van der Waals surface area contributed by atoms with Crippen molar-refractivity contribution in [2.24, 2.45) is 12.2 Å². The average molecular weight is 276 g/mol. The summed E-state index contributed by atoms with van der Waals surface area (Å²) in [6.07, 6.45) is 0. The molecule has 5 nitrogen and oxygen atoms in total. The van der Waals surface area contributed by atoms with Crippen LogP contribution < -0.4 is 5.56 Å². The number of hydrogen-bond donors (Lipinski definition) is 0. The number of hydrogen-bond acceptors (Lipinski definition) is 2. The van der Waals surface area contributed by atoms with Crippen LogP contribution in [0.1, 0.15) is 0 Å². The lowest BCUT2D eigenvalue weighted by atomic mass is 10.0. The monoisotopic (exact) mass is 276 g/mol. The Bertz CT molecular complexity index is 922. The van der Waals surface area contributed by atoms with E-state index < -0.39 is 0 Å². The van der Waals surface area contributed by atoms with Crippen LogP contribution in [0.15, 0.2) is 64.5 Å². The lowest BCUT2D eigenvalue weighted by Gasteiger charge is -2.12. The Balaban J connectivity index is 2.55. The van der Waals surface area contributed by atoms with E-state index in [-0.39, 0.29) is 5.56 Å². The van der Waals surface area contributed by atoms with Gasteiger partial charge in [-0.15, -0.1) is 0 Å². The molecule has 0 saturated carbocycles. The Morgan fingerprint density at radius 3 is 2.43 bits per heavy atom. The Hall–Kier alpha value is -3.04. The standard InChI is InChI=1S/C16H12N4O/c1-20-13-10-6-5-9-12(13)15(18-19-17)14(16(20)21)11-7-3-2-4-8-11/h2-10H,1H3. The molecule has 0 aliphatic carbocycles. The van der Waals surface area contributed by atoms with E-state index in [0.717, 1.165) is 16.5 Å². The second-order valence-corrected chi connectivity index (χ2v) is 4.66. The van der Waals surface area contributed by atoms with Crippen LogP contribution in [0.25, 0.3) is 32.5 Å². The fourth-order valence-corrected chi connectivity index (χ4v) is 2.49. The van der Waals surface area contributed by atoms with Gasteiger partial charge in [0.15, 0.2) is 0 Å². The van der Waals surface area contributed by atoms with Crippen molar-refractivity contribution >= 4 is 16.6 Å². The number of benzene rings is 2. The molecule has 1 aromatic heterocycles. The molecular weight excluding hydrogens is 264 g/mol. The van der Waals surface area contributed by atoms with E-state index in [4.69, 9.17) is 5.53 Å². The smallest absolute Gasteiger partial charge is 0.259 e. The van der Waals surface area contributed by atoms with Crippen molar-refractivity contribution in [2.45, 2.75) is 0 Å². The molecule has 0 radical (unpaired) electrons. The summed E-state index contributed by atoms with van der Waals surface area (Å²) in [6.45, 7) is 0. The SMILES string of the molecule is Cn1c(=O)c(-c2ccccc2)c(N=[N+]=[N-])c2ccccc21. The van der Waals surface area contributed by atoms with Crippen molar-refractivity contribution in [2.75, 3.05) is 0 Å². The molecule has 0 atom stereocenters. The maximum absolute atomic E-state index is 12.7. The van der Waals surface area contributed by atoms with Crippen LogP contribution in [-0.2, 0) is 7.05 Å². The van der Waals surface area contributed by atoms with Crippen LogP contribution in [0.3, 0.4) is 0 Å². The molecule has 2 aromatic carbocycles. The van der Waals surface area contributed by atoms with E-state index in [2.05, 4.69) is 10.0 Å². The fourth-order valence-electron chi connectivity index (χ4n) is 2.49. The molecule has 0 spiro atoms. The zero-order valence-corrected chi connectivity index (χ0v) is 11.4. The van der Waals surface area contributed by atoms with E-state index in [9.17, 15) is 4.79 Å². The molecule has 102 valence electrons. The number of aryl methyl sites for hydroxylation is 1. The first kappa shape index (κ1) is 13.0. The zero-order valence-electron chi connectivity index (χ0n) is 11.4. The Labute approximate surface area is 120 Å². The summed E-state index contributed by atoms with van der Waals surface area (Å²) in [6, 6.07) is 16.6. The number of pyridine rings is 1. The van der Waals surface area contributed by atoms with Crippen molar-refractivity contribution in [1.29, 1.82) is 0 Å². The highest BCUT2D eigenvalue weighted by Gasteiger charge is 2.15. The molecule has 0 amide bonds. The van der Waals surface area contributed by atoms with Crippen LogP contribution in [0, 0.1) is 0 Å². The van der Waals surface area contributed by atoms with Gasteiger partial charge in [-0.3, -0.25) is 4.79 Å². The first-order chi connectivity index (χ1) is 10.2. The van der Waals surface area contributed by atoms with Gasteiger partial charge in [-0.05, 0) is 17.2 Å². The number of para-hydroxylation sites is 1. The van der Waals surface area contributed by atoms with Crippen LogP contribution in [-0.4, -0.2) is 4.57 Å². The van der Waals surface area contributed by atoms with Gasteiger partial charge in [-0.25, -0.2) is 0 Å². The molecule has 1 heterocycles. The minimum atomic E-state index is -0.178. The number of aromatic nitrogens is 1. The van der Waals surface area contributed by atoms with Crippen LogP contribution in [0.5, 0.6) is 0 Å². The van der Waals surface area contributed by atoms with E-state index in [0.29, 0.717) is 11.3 Å². The molecule has 0 unspecified atom stereocenters. The fraction of sp³-hybridized carbons (Fsp3) is 0.0625. The van der Waals surface area contributed by atoms with Gasteiger partial charge >= 0.3 is 0 Å². The number of azide groups is 1. The van der Waals surface area contributed by atoms with Crippen molar-refractivity contribution in [1.82, 2.24) is 4.57 Å². The summed E-state index contributed by atoms with van der Waals surface area (Å²) in [4.78, 5) is 15.5. The van der Waals surface area contributed by atoms with Crippen molar-refractivity contribution in [3.63, 3.8) is 0 Å². The van der Waals surface area contributed by atoms with Gasteiger partial charge < -0.3 is 4.57 Å². The number of fused-ring (bicyclic) bond motifs is 1. The van der Waals surface area contributed by atoms with E-state index in [1.54, 1.807) is 11.6 Å². The largest absolute Gasteiger partial charge is 0.311 e. The molecule has 0 N–H and O–H groups in total. The normalized spacial score (nSPS) is 10.3. The van der Waals surface area contributed by atoms with Gasteiger partial charge in [0.1, 0.15) is 0 Å². The average Bonchev–Trinajstić information content (AvgIpc) is 2.53. The number of rotatable bonds is 2. The number of nitrogens with zero attached hydrogens (tertiary/aromatic N) is 4. The Morgan fingerprint density at radius 1 is 1.05 bits per heavy atom. The highest BCUT2D eigenvalue weighted by Crippen LogP contribution is 2.34.